The Morgan fingerprint density at radius 1 is 1.41 bits per heavy atom. The van der Waals surface area contributed by atoms with Crippen LogP contribution in [-0.4, -0.2) is 82.8 Å². The maximum absolute atomic E-state index is 12.8. The van der Waals surface area contributed by atoms with Gasteiger partial charge in [-0.3, -0.25) is 18.9 Å². The minimum Gasteiger partial charge on any atom is -0.467 e. The second-order valence-electron chi connectivity index (χ2n) is 6.34. The molecule has 0 radical (unpaired) electrons. The molecule has 0 bridgehead atoms. The lowest BCUT2D eigenvalue weighted by Gasteiger charge is -2.41. The van der Waals surface area contributed by atoms with Crippen LogP contribution in [0.4, 0.5) is 5.13 Å². The summed E-state index contributed by atoms with van der Waals surface area (Å²) in [6.07, 6.45) is -0.449. The molecule has 1 saturated heterocycles. The highest BCUT2D eigenvalue weighted by Crippen LogP contribution is 2.25. The van der Waals surface area contributed by atoms with Gasteiger partial charge >= 0.3 is 16.3 Å². The third-order valence-electron chi connectivity index (χ3n) is 3.71. The van der Waals surface area contributed by atoms with E-state index in [4.69, 9.17) is 21.0 Å². The maximum Gasteiger partial charge on any atom is 0.363 e. The van der Waals surface area contributed by atoms with E-state index in [-0.39, 0.29) is 21.0 Å². The number of nitrogens with one attached hydrogen (secondary N) is 2. The highest BCUT2D eigenvalue weighted by atomic mass is 35.5. The van der Waals surface area contributed by atoms with Crippen LogP contribution < -0.4 is 10.6 Å². The summed E-state index contributed by atoms with van der Waals surface area (Å²) in [5.74, 6) is -4.37. The van der Waals surface area contributed by atoms with Crippen LogP contribution in [0.1, 0.15) is 19.5 Å². The van der Waals surface area contributed by atoms with Crippen molar-refractivity contribution in [3.8, 4) is 0 Å². The van der Waals surface area contributed by atoms with Gasteiger partial charge in [0, 0.05) is 5.38 Å². The molecule has 2 heterocycles. The van der Waals surface area contributed by atoms with Crippen molar-refractivity contribution in [3.63, 3.8) is 0 Å². The number of amides is 3. The normalized spacial score (nSPS) is 18.8. The number of nitrogens with zero attached hydrogens (tertiary/aromatic N) is 3. The first-order chi connectivity index (χ1) is 14.9. The molecule has 17 heteroatoms. The number of rotatable bonds is 9. The number of hydrogen-bond donors (Lipinski definition) is 3. The molecule has 32 heavy (non-hydrogen) atoms. The van der Waals surface area contributed by atoms with E-state index in [1.165, 1.54) is 5.38 Å². The van der Waals surface area contributed by atoms with E-state index >= 15 is 0 Å². The summed E-state index contributed by atoms with van der Waals surface area (Å²) in [6, 6.07) is -3.50. The molecule has 1 aromatic heterocycles. The fourth-order valence-electron chi connectivity index (χ4n) is 2.38. The number of hydrogen-bond acceptors (Lipinski definition) is 11. The van der Waals surface area contributed by atoms with E-state index in [9.17, 15) is 27.6 Å². The number of carbonyl (C=O) groups excluding carboxylic acids is 4. The van der Waals surface area contributed by atoms with Crippen molar-refractivity contribution in [3.05, 3.63) is 11.1 Å². The Kier molecular flexibility index (Phi) is 8.11. The molecular weight excluding hydrogens is 494 g/mol. The lowest BCUT2D eigenvalue weighted by atomic mass is 9.98. The summed E-state index contributed by atoms with van der Waals surface area (Å²) in [5, 5.41) is 9.70. The number of methoxy groups -OCH3 is 1. The number of carbonyl (C=O) groups is 4. The van der Waals surface area contributed by atoms with E-state index < -0.39 is 57.9 Å². The van der Waals surface area contributed by atoms with Crippen LogP contribution in [0.2, 0.25) is 0 Å². The fourth-order valence-corrected chi connectivity index (χ4v) is 3.99. The number of ether oxygens (including phenoxy) is 1. The molecule has 0 saturated carbocycles. The maximum atomic E-state index is 12.8. The van der Waals surface area contributed by atoms with Gasteiger partial charge in [0.15, 0.2) is 16.9 Å². The molecule has 2 rings (SSSR count). The molecule has 14 nitrogen and oxygen atoms in total. The first-order valence-corrected chi connectivity index (χ1v) is 11.5. The van der Waals surface area contributed by atoms with E-state index in [2.05, 4.69) is 25.5 Å². The van der Waals surface area contributed by atoms with Crippen molar-refractivity contribution < 1.29 is 41.7 Å². The van der Waals surface area contributed by atoms with Gasteiger partial charge in [-0.25, -0.2) is 9.78 Å². The Morgan fingerprint density at radius 2 is 2.06 bits per heavy atom. The van der Waals surface area contributed by atoms with Gasteiger partial charge in [-0.1, -0.05) is 5.16 Å². The van der Waals surface area contributed by atoms with Gasteiger partial charge in [0.25, 0.3) is 11.8 Å². The number of aromatic nitrogens is 1. The summed E-state index contributed by atoms with van der Waals surface area (Å²) < 4.78 is 36.2. The van der Waals surface area contributed by atoms with Gasteiger partial charge in [0.2, 0.25) is 5.91 Å². The minimum absolute atomic E-state index is 0.0500. The van der Waals surface area contributed by atoms with Crippen LogP contribution in [0, 0.1) is 0 Å². The number of oxime groups is 1. The second kappa shape index (κ2) is 10.2. The third-order valence-corrected chi connectivity index (χ3v) is 5.62. The second-order valence-corrected chi connectivity index (χ2v) is 8.76. The Hall–Kier alpha value is -2.82. The Bertz CT molecular complexity index is 1060. The molecule has 176 valence electrons. The van der Waals surface area contributed by atoms with Crippen molar-refractivity contribution in [2.75, 3.05) is 18.3 Å². The van der Waals surface area contributed by atoms with Crippen LogP contribution in [0.15, 0.2) is 10.5 Å². The quantitative estimate of drug-likeness (QED) is 0.0935. The molecule has 1 aliphatic rings. The molecular formula is C15H18ClN5O9S2. The number of thiazole rings is 1. The minimum atomic E-state index is -5.08. The first-order valence-electron chi connectivity index (χ1n) is 8.65. The van der Waals surface area contributed by atoms with Crippen molar-refractivity contribution in [1.29, 1.82) is 0 Å². The SMILES string of the molecule is COC(=O)C1C(NC(=O)/C(=N\OC(C)C)c2csc(NC(=O)CCl)n2)C(=O)N1S(=O)(=O)O. The van der Waals surface area contributed by atoms with Gasteiger partial charge < -0.3 is 20.2 Å². The van der Waals surface area contributed by atoms with E-state index in [0.29, 0.717) is 0 Å². The number of anilines is 1. The summed E-state index contributed by atoms with van der Waals surface area (Å²) in [6.45, 7) is 3.25. The average Bonchev–Trinajstić information content (AvgIpc) is 3.15. The van der Waals surface area contributed by atoms with Crippen LogP contribution in [0.25, 0.3) is 0 Å². The Labute approximate surface area is 190 Å². The monoisotopic (exact) mass is 511 g/mol. The molecule has 1 aromatic rings. The zero-order valence-corrected chi connectivity index (χ0v) is 19.2. The van der Waals surface area contributed by atoms with Crippen molar-refractivity contribution in [2.45, 2.75) is 32.0 Å². The average molecular weight is 512 g/mol. The topological polar surface area (TPSA) is 194 Å². The molecule has 3 N–H and O–H groups in total. The molecule has 2 atom stereocenters. The van der Waals surface area contributed by atoms with Crippen LogP contribution in [0.5, 0.6) is 0 Å². The molecule has 3 amide bonds. The summed E-state index contributed by atoms with van der Waals surface area (Å²) >= 11 is 6.36. The van der Waals surface area contributed by atoms with Gasteiger partial charge in [0.05, 0.1) is 7.11 Å². The van der Waals surface area contributed by atoms with Crippen molar-refractivity contribution in [1.82, 2.24) is 14.6 Å². The highest BCUT2D eigenvalue weighted by molar-refractivity contribution is 7.84. The number of halogens is 1. The lowest BCUT2D eigenvalue weighted by Crippen LogP contribution is -2.74. The summed E-state index contributed by atoms with van der Waals surface area (Å²) in [4.78, 5) is 57.4. The van der Waals surface area contributed by atoms with Crippen molar-refractivity contribution >= 4 is 67.8 Å². The summed E-state index contributed by atoms with van der Waals surface area (Å²) in [7, 11) is -4.15. The van der Waals surface area contributed by atoms with Crippen LogP contribution in [0.3, 0.4) is 0 Å². The van der Waals surface area contributed by atoms with Crippen LogP contribution in [-0.2, 0) is 39.1 Å². The lowest BCUT2D eigenvalue weighted by molar-refractivity contribution is -0.162. The zero-order chi connectivity index (χ0) is 24.2. The van der Waals surface area contributed by atoms with E-state index in [1.807, 2.05) is 0 Å². The predicted molar refractivity (Wildman–Crippen MR) is 110 cm³/mol. The Balaban J connectivity index is 2.31. The number of alkyl halides is 1. The first kappa shape index (κ1) is 25.4. The van der Waals surface area contributed by atoms with E-state index in [0.717, 1.165) is 18.4 Å². The Morgan fingerprint density at radius 3 is 2.59 bits per heavy atom. The predicted octanol–water partition coefficient (Wildman–Crippen LogP) is -0.879. The van der Waals surface area contributed by atoms with Gasteiger partial charge in [0.1, 0.15) is 23.7 Å². The summed E-state index contributed by atoms with van der Waals surface area (Å²) in [5.41, 5.74) is -0.478. The molecule has 0 aliphatic carbocycles. The molecule has 0 spiro atoms. The standard InChI is InChI=1S/C15H18ClN5O9S2/c1-6(2)30-20-9(7-5-31-15(17-7)18-8(22)4-16)12(23)19-10-11(14(25)29-3)21(13(10)24)32(26,27)28/h5-6,10-11H,4H2,1-3H3,(H,19,23)(H,17,18,22)(H,26,27,28)/b20-9-. The molecule has 1 fully saturated rings. The van der Waals surface area contributed by atoms with Gasteiger partial charge in [-0.05, 0) is 13.8 Å². The van der Waals surface area contributed by atoms with E-state index in [1.54, 1.807) is 13.8 Å². The fraction of sp³-hybridized carbons (Fsp3) is 0.467. The number of esters is 1. The number of β-lactam (4-membered cyclic amide) rings is 1. The largest absolute Gasteiger partial charge is 0.467 e. The highest BCUT2D eigenvalue weighted by Gasteiger charge is 2.58. The van der Waals surface area contributed by atoms with Crippen molar-refractivity contribution in [2.24, 2.45) is 5.16 Å². The smallest absolute Gasteiger partial charge is 0.363 e. The third kappa shape index (κ3) is 5.70. The molecule has 2 unspecified atom stereocenters. The molecule has 1 aliphatic heterocycles. The molecule has 0 aromatic carbocycles. The van der Waals surface area contributed by atoms with Crippen LogP contribution >= 0.6 is 22.9 Å². The zero-order valence-electron chi connectivity index (χ0n) is 16.8. The van der Waals surface area contributed by atoms with Gasteiger partial charge in [-0.2, -0.15) is 12.7 Å². The van der Waals surface area contributed by atoms with Gasteiger partial charge in [-0.15, -0.1) is 22.9 Å².